The summed E-state index contributed by atoms with van der Waals surface area (Å²) in [6, 6.07) is 17.1. The number of aryl methyl sites for hydroxylation is 1. The van der Waals surface area contributed by atoms with Gasteiger partial charge in [0.25, 0.3) is 17.4 Å². The number of ether oxygens (including phenoxy) is 2. The van der Waals surface area contributed by atoms with Crippen LogP contribution in [0.1, 0.15) is 96.0 Å². The van der Waals surface area contributed by atoms with Crippen LogP contribution in [0.15, 0.2) is 83.7 Å². The summed E-state index contributed by atoms with van der Waals surface area (Å²) >= 11 is 0. The minimum atomic E-state index is -1.81. The van der Waals surface area contributed by atoms with E-state index in [1.54, 1.807) is 86.1 Å². The van der Waals surface area contributed by atoms with Crippen LogP contribution in [0.3, 0.4) is 0 Å². The van der Waals surface area contributed by atoms with E-state index in [1.165, 1.54) is 23.1 Å². The number of fused-ring (bicyclic) bond motifs is 5. The Kier molecular flexibility index (Phi) is 18.7. The van der Waals surface area contributed by atoms with Crippen LogP contribution in [0.4, 0.5) is 14.9 Å². The average Bonchev–Trinajstić information content (AvgIpc) is 1.86. The van der Waals surface area contributed by atoms with Crippen LogP contribution in [-0.4, -0.2) is 136 Å². The van der Waals surface area contributed by atoms with E-state index >= 15 is 4.39 Å². The lowest BCUT2D eigenvalue weighted by molar-refractivity contribution is -0.236. The topological polar surface area (TPSA) is 309 Å². The second-order valence-corrected chi connectivity index (χ2v) is 21.3. The van der Waals surface area contributed by atoms with Crippen LogP contribution in [0.5, 0.6) is 0 Å². The molecule has 9 rings (SSSR count). The molecular formula is C60H67FN10O13. The first-order valence-electron chi connectivity index (χ1n) is 28.0. The minimum absolute atomic E-state index is 0.0715. The minimum Gasteiger partial charge on any atom is -0.445 e. The molecule has 0 bridgehead atoms. The van der Waals surface area contributed by atoms with Gasteiger partial charge in [-0.05, 0) is 85.0 Å². The molecule has 8 amide bonds. The summed E-state index contributed by atoms with van der Waals surface area (Å²) in [7, 11) is 1.61. The molecule has 4 atom stereocenters. The highest BCUT2D eigenvalue weighted by Gasteiger charge is 2.45. The van der Waals surface area contributed by atoms with E-state index in [1.807, 2.05) is 0 Å². The average molecular weight is 1160 g/mol. The molecule has 0 saturated carbocycles. The molecule has 8 N–H and O–H groups in total. The fraction of sp³-hybridized carbons (Fsp3) is 0.400. The van der Waals surface area contributed by atoms with E-state index < -0.39 is 60.7 Å². The normalized spacial score (nSPS) is 17.7. The van der Waals surface area contributed by atoms with Gasteiger partial charge in [0, 0.05) is 91.5 Å². The summed E-state index contributed by atoms with van der Waals surface area (Å²) in [6.07, 6.45) is 3.33. The monoisotopic (exact) mass is 1150 g/mol. The Morgan fingerprint density at radius 2 is 1.58 bits per heavy atom. The number of aliphatic hydroxyl groups is 2. The standard InChI is InChI=1S/C60H67FN10O13/c1-4-60(82)41-26-46-55-39(31-71(46)57(79)40(41)33-83-58(60)80)54-43(19-18-38-34(2)42(61)27-44(68-55)53(38)54)62-22-24-69(3)59(81)84-32-36-14-16-37(17-15-36)66-49(74)30-65-56(78)45(25-35-11-7-5-8-12-35)67-50(75)29-64-48(73)28-63-47(72)13-9-6-10-23-70-51(76)20-21-52(70)77/h5,7-8,11-12,14-17,20-21,26-27,43,45,58,62,80,82H,4,6,9-10,13,18-19,22-25,28-33H2,1-3H3,(H,63,72)(H,64,73)(H,65,78)(H,66,74)(H,67,75)/t43-,45-,58?,60-/m0/s1. The lowest BCUT2D eigenvalue weighted by Gasteiger charge is -2.37. The lowest BCUT2D eigenvalue weighted by Crippen LogP contribution is -2.52. The number of unbranched alkanes of at least 4 members (excludes halogenated alkanes) is 2. The molecule has 0 radical (unpaired) electrons. The van der Waals surface area contributed by atoms with Crippen molar-refractivity contribution in [2.75, 3.05) is 51.6 Å². The van der Waals surface area contributed by atoms with Gasteiger partial charge in [0.1, 0.15) is 24.1 Å². The Hall–Kier alpha value is -8.71. The van der Waals surface area contributed by atoms with Crippen molar-refractivity contribution in [1.82, 2.24) is 45.9 Å². The predicted octanol–water partition coefficient (Wildman–Crippen LogP) is 2.66. The molecule has 3 aromatic carbocycles. The molecular weight excluding hydrogens is 1090 g/mol. The van der Waals surface area contributed by atoms with Gasteiger partial charge in [-0.2, -0.15) is 0 Å². The van der Waals surface area contributed by atoms with E-state index in [2.05, 4.69) is 31.9 Å². The molecule has 5 aromatic rings. The number of pyridine rings is 2. The fourth-order valence-electron chi connectivity index (χ4n) is 11.0. The van der Waals surface area contributed by atoms with Gasteiger partial charge in [-0.3, -0.25) is 43.3 Å². The van der Waals surface area contributed by atoms with Crippen LogP contribution in [0.25, 0.3) is 22.3 Å². The van der Waals surface area contributed by atoms with Gasteiger partial charge < -0.3 is 61.1 Å². The Morgan fingerprint density at radius 3 is 2.32 bits per heavy atom. The van der Waals surface area contributed by atoms with Crippen molar-refractivity contribution >= 4 is 64.0 Å². The Bertz CT molecular complexity index is 3480. The number of amides is 8. The predicted molar refractivity (Wildman–Crippen MR) is 303 cm³/mol. The molecule has 1 aliphatic carbocycles. The molecule has 4 aliphatic rings. The van der Waals surface area contributed by atoms with Gasteiger partial charge in [0.15, 0.2) is 6.29 Å². The third-order valence-corrected chi connectivity index (χ3v) is 15.7. The summed E-state index contributed by atoms with van der Waals surface area (Å²) in [5.74, 6) is -4.05. The zero-order valence-corrected chi connectivity index (χ0v) is 46.8. The third-order valence-electron chi connectivity index (χ3n) is 15.7. The number of hydrogen-bond acceptors (Lipinski definition) is 15. The molecule has 84 heavy (non-hydrogen) atoms. The molecule has 1 unspecified atom stereocenters. The van der Waals surface area contributed by atoms with Crippen molar-refractivity contribution in [2.24, 2.45) is 0 Å². The highest BCUT2D eigenvalue weighted by molar-refractivity contribution is 6.12. The third kappa shape index (κ3) is 13.4. The Labute approximate surface area is 482 Å². The maximum atomic E-state index is 15.4. The van der Waals surface area contributed by atoms with Gasteiger partial charge in [-0.15, -0.1) is 0 Å². The number of likely N-dealkylation sites (N-methyl/N-ethyl adjacent to an activating group) is 1. The first kappa shape index (κ1) is 59.9. The largest absolute Gasteiger partial charge is 0.445 e. The number of nitrogens with one attached hydrogen (secondary N) is 6. The number of carbonyl (C=O) groups is 8. The number of halogens is 1. The molecule has 0 saturated heterocycles. The highest BCUT2D eigenvalue weighted by atomic mass is 19.1. The van der Waals surface area contributed by atoms with E-state index in [4.69, 9.17) is 14.5 Å². The van der Waals surface area contributed by atoms with Crippen molar-refractivity contribution < 1.29 is 62.4 Å². The molecule has 24 heteroatoms. The first-order valence-corrected chi connectivity index (χ1v) is 28.0. The van der Waals surface area contributed by atoms with Gasteiger partial charge in [-0.25, -0.2) is 14.2 Å². The van der Waals surface area contributed by atoms with E-state index in [0.29, 0.717) is 72.4 Å². The maximum absolute atomic E-state index is 15.4. The van der Waals surface area contributed by atoms with Crippen LogP contribution in [-0.2, 0) is 81.2 Å². The van der Waals surface area contributed by atoms with Crippen molar-refractivity contribution in [3.05, 3.63) is 140 Å². The number of rotatable bonds is 24. The fourth-order valence-corrected chi connectivity index (χ4v) is 11.0. The van der Waals surface area contributed by atoms with Gasteiger partial charge in [0.05, 0.1) is 49.7 Å². The maximum Gasteiger partial charge on any atom is 0.409 e. The lowest BCUT2D eigenvalue weighted by atomic mass is 9.81. The number of carbonyl (C=O) groups excluding carboxylic acids is 8. The zero-order valence-electron chi connectivity index (χ0n) is 46.8. The molecule has 5 heterocycles. The number of anilines is 1. The van der Waals surface area contributed by atoms with E-state index in [-0.39, 0.29) is 105 Å². The smallest absolute Gasteiger partial charge is 0.409 e. The summed E-state index contributed by atoms with van der Waals surface area (Å²) in [4.78, 5) is 122. The molecule has 3 aliphatic heterocycles. The highest BCUT2D eigenvalue weighted by Crippen LogP contribution is 2.46. The van der Waals surface area contributed by atoms with Crippen molar-refractivity contribution in [2.45, 2.75) is 109 Å². The molecule has 442 valence electrons. The second kappa shape index (κ2) is 26.3. The SMILES string of the molecule is CC[C@]1(O)c2cc3n(c(=O)c2COC1O)Cc1c-3nc2cc(F)c(C)c3c2c1[C@@H](NCCN(C)C(=O)OCc1ccc(NC(=O)CNC(=O)[C@H](Cc2ccccc2)NC(=O)CNC(=O)CNC(=O)CCCCCN2C(=O)C=CC2=O)cc1)CC3. The van der Waals surface area contributed by atoms with Gasteiger partial charge in [-0.1, -0.05) is 55.8 Å². The van der Waals surface area contributed by atoms with Crippen LogP contribution >= 0.6 is 0 Å². The number of aliphatic hydroxyl groups excluding tert-OH is 1. The summed E-state index contributed by atoms with van der Waals surface area (Å²) in [5, 5.41) is 39.3. The van der Waals surface area contributed by atoms with Crippen LogP contribution in [0, 0.1) is 12.7 Å². The molecule has 2 aromatic heterocycles. The van der Waals surface area contributed by atoms with E-state index in [0.717, 1.165) is 32.5 Å². The van der Waals surface area contributed by atoms with Crippen molar-refractivity contribution in [3.63, 3.8) is 0 Å². The number of benzene rings is 3. The summed E-state index contributed by atoms with van der Waals surface area (Å²) in [6.45, 7) is 2.91. The number of hydrogen-bond donors (Lipinski definition) is 8. The van der Waals surface area contributed by atoms with Crippen LogP contribution < -0.4 is 37.5 Å². The number of aromatic nitrogens is 2. The Morgan fingerprint density at radius 1 is 0.869 bits per heavy atom. The Balaban J connectivity index is 0.716. The second-order valence-electron chi connectivity index (χ2n) is 21.3. The van der Waals surface area contributed by atoms with Gasteiger partial charge >= 0.3 is 6.09 Å². The first-order chi connectivity index (χ1) is 40.3. The number of imide groups is 1. The molecule has 23 nitrogen and oxygen atoms in total. The van der Waals surface area contributed by atoms with Gasteiger partial charge in [0.2, 0.25) is 29.5 Å². The zero-order chi connectivity index (χ0) is 59.8. The summed E-state index contributed by atoms with van der Waals surface area (Å²) in [5.41, 5.74) is 4.56. The molecule has 0 spiro atoms. The van der Waals surface area contributed by atoms with E-state index in [9.17, 15) is 53.4 Å². The quantitative estimate of drug-likeness (QED) is 0.0319. The van der Waals surface area contributed by atoms with Crippen molar-refractivity contribution in [3.8, 4) is 11.4 Å². The van der Waals surface area contributed by atoms with Crippen LogP contribution in [0.2, 0.25) is 0 Å². The number of nitrogens with zero attached hydrogens (tertiary/aromatic N) is 4. The molecule has 0 fully saturated rings. The summed E-state index contributed by atoms with van der Waals surface area (Å²) < 4.78 is 28.1. The van der Waals surface area contributed by atoms with Crippen molar-refractivity contribution in [1.29, 1.82) is 0 Å².